The minimum Gasteiger partial charge on any atom is -0.465 e. The Morgan fingerprint density at radius 3 is 2.64 bits per heavy atom. The van der Waals surface area contributed by atoms with Gasteiger partial charge in [0.25, 0.3) is 0 Å². The molecular formula is C10H20N2O2. The van der Waals surface area contributed by atoms with Gasteiger partial charge < -0.3 is 10.5 Å². The average Bonchev–Trinajstić information content (AvgIpc) is 2.10. The molecule has 0 saturated carbocycles. The van der Waals surface area contributed by atoms with E-state index < -0.39 is 0 Å². The van der Waals surface area contributed by atoms with Crippen molar-refractivity contribution in [2.24, 2.45) is 5.73 Å². The molecule has 0 aromatic heterocycles. The third-order valence-electron chi connectivity index (χ3n) is 2.50. The molecule has 1 fully saturated rings. The van der Waals surface area contributed by atoms with Gasteiger partial charge in [-0.2, -0.15) is 0 Å². The fourth-order valence-electron chi connectivity index (χ4n) is 1.76. The Balaban J connectivity index is 2.42. The highest BCUT2D eigenvalue weighted by Crippen LogP contribution is 2.16. The zero-order valence-electron chi connectivity index (χ0n) is 9.03. The predicted octanol–water partition coefficient (Wildman–Crippen LogP) is 0.361. The van der Waals surface area contributed by atoms with Crippen LogP contribution in [0.15, 0.2) is 0 Å². The maximum Gasteiger partial charge on any atom is 0.323 e. The lowest BCUT2D eigenvalue weighted by atomic mass is 10.0. The van der Waals surface area contributed by atoms with Crippen LogP contribution in [0.4, 0.5) is 0 Å². The number of nitrogens with two attached hydrogens (primary N) is 1. The first-order valence-electron chi connectivity index (χ1n) is 5.35. The maximum atomic E-state index is 11.6. The maximum absolute atomic E-state index is 11.6. The molecule has 1 saturated heterocycles. The number of carbonyl (C=O) groups excluding carboxylic acids is 1. The van der Waals surface area contributed by atoms with Crippen molar-refractivity contribution < 1.29 is 9.53 Å². The lowest BCUT2D eigenvalue weighted by Crippen LogP contribution is -2.61. The minimum absolute atomic E-state index is 0.0697. The number of ether oxygens (including phenoxy) is 1. The minimum atomic E-state index is -0.0961. The molecule has 1 aliphatic heterocycles. The highest BCUT2D eigenvalue weighted by molar-refractivity contribution is 5.75. The molecule has 0 aromatic rings. The zero-order chi connectivity index (χ0) is 10.6. The molecule has 4 heteroatoms. The van der Waals surface area contributed by atoms with Gasteiger partial charge in [-0.3, -0.25) is 9.69 Å². The number of esters is 1. The van der Waals surface area contributed by atoms with Crippen LogP contribution in [0.1, 0.15) is 26.7 Å². The van der Waals surface area contributed by atoms with Crippen LogP contribution in [0.25, 0.3) is 0 Å². The number of rotatable bonds is 5. The molecule has 14 heavy (non-hydrogen) atoms. The summed E-state index contributed by atoms with van der Waals surface area (Å²) in [5.74, 6) is -0.0961. The van der Waals surface area contributed by atoms with Crippen LogP contribution < -0.4 is 5.73 Å². The Hall–Kier alpha value is -0.610. The van der Waals surface area contributed by atoms with Gasteiger partial charge in [0.2, 0.25) is 0 Å². The van der Waals surface area contributed by atoms with E-state index in [1.54, 1.807) is 0 Å². The largest absolute Gasteiger partial charge is 0.465 e. The Labute approximate surface area is 85.4 Å². The summed E-state index contributed by atoms with van der Waals surface area (Å²) in [6.45, 7) is 6.01. The lowest BCUT2D eigenvalue weighted by molar-refractivity contribution is -0.151. The Kier molecular flexibility index (Phi) is 4.35. The first-order valence-corrected chi connectivity index (χ1v) is 5.35. The summed E-state index contributed by atoms with van der Waals surface area (Å²) in [7, 11) is 0. The van der Waals surface area contributed by atoms with Crippen molar-refractivity contribution in [1.29, 1.82) is 0 Å². The molecule has 0 bridgehead atoms. The van der Waals surface area contributed by atoms with E-state index in [4.69, 9.17) is 10.5 Å². The van der Waals surface area contributed by atoms with E-state index in [1.165, 1.54) is 0 Å². The number of hydrogen-bond acceptors (Lipinski definition) is 4. The number of likely N-dealkylation sites (tertiary alicyclic amines) is 1. The highest BCUT2D eigenvalue weighted by Gasteiger charge is 2.34. The van der Waals surface area contributed by atoms with Gasteiger partial charge in [0.1, 0.15) is 6.04 Å². The summed E-state index contributed by atoms with van der Waals surface area (Å²) in [5, 5.41) is 0. The van der Waals surface area contributed by atoms with Gasteiger partial charge in [0.05, 0.1) is 6.61 Å². The SMILES string of the molecule is CCCC(C(=O)OCC)N1CC(N)C1. The molecule has 0 amide bonds. The Bertz CT molecular complexity index is 191. The predicted molar refractivity (Wildman–Crippen MR) is 54.9 cm³/mol. The molecule has 1 aliphatic rings. The molecular weight excluding hydrogens is 180 g/mol. The van der Waals surface area contributed by atoms with Crippen LogP contribution in [-0.4, -0.2) is 42.6 Å². The van der Waals surface area contributed by atoms with Crippen molar-refractivity contribution in [3.8, 4) is 0 Å². The molecule has 82 valence electrons. The van der Waals surface area contributed by atoms with E-state index in [-0.39, 0.29) is 18.1 Å². The lowest BCUT2D eigenvalue weighted by Gasteiger charge is -2.41. The summed E-state index contributed by atoms with van der Waals surface area (Å²) in [6, 6.07) is 0.170. The number of nitrogens with zero attached hydrogens (tertiary/aromatic N) is 1. The summed E-state index contributed by atoms with van der Waals surface area (Å²) in [4.78, 5) is 13.7. The second-order valence-electron chi connectivity index (χ2n) is 3.77. The van der Waals surface area contributed by atoms with Gasteiger partial charge in [-0.1, -0.05) is 13.3 Å². The zero-order valence-corrected chi connectivity index (χ0v) is 9.03. The summed E-state index contributed by atoms with van der Waals surface area (Å²) in [6.07, 6.45) is 1.86. The van der Waals surface area contributed by atoms with Crippen LogP contribution in [0.5, 0.6) is 0 Å². The topological polar surface area (TPSA) is 55.6 Å². The van der Waals surface area contributed by atoms with E-state index >= 15 is 0 Å². The summed E-state index contributed by atoms with van der Waals surface area (Å²) < 4.78 is 5.03. The molecule has 2 N–H and O–H groups in total. The van der Waals surface area contributed by atoms with E-state index in [9.17, 15) is 4.79 Å². The average molecular weight is 200 g/mol. The number of hydrogen-bond donors (Lipinski definition) is 1. The van der Waals surface area contributed by atoms with Crippen LogP contribution >= 0.6 is 0 Å². The third kappa shape index (κ3) is 2.69. The quantitative estimate of drug-likeness (QED) is 0.651. The number of carbonyl (C=O) groups is 1. The van der Waals surface area contributed by atoms with Crippen LogP contribution in [-0.2, 0) is 9.53 Å². The van der Waals surface area contributed by atoms with Gasteiger partial charge in [-0.25, -0.2) is 0 Å². The molecule has 1 rings (SSSR count). The normalized spacial score (nSPS) is 20.2. The Morgan fingerprint density at radius 2 is 2.21 bits per heavy atom. The third-order valence-corrected chi connectivity index (χ3v) is 2.50. The van der Waals surface area contributed by atoms with E-state index in [0.717, 1.165) is 25.9 Å². The van der Waals surface area contributed by atoms with E-state index in [2.05, 4.69) is 11.8 Å². The fraction of sp³-hybridized carbons (Fsp3) is 0.900. The Morgan fingerprint density at radius 1 is 1.57 bits per heavy atom. The van der Waals surface area contributed by atoms with Crippen molar-refractivity contribution >= 4 is 5.97 Å². The van der Waals surface area contributed by atoms with Crippen LogP contribution in [0, 0.1) is 0 Å². The van der Waals surface area contributed by atoms with E-state index in [0.29, 0.717) is 6.61 Å². The molecule has 0 aliphatic carbocycles. The second kappa shape index (κ2) is 5.32. The summed E-state index contributed by atoms with van der Waals surface area (Å²) >= 11 is 0. The van der Waals surface area contributed by atoms with Gasteiger partial charge >= 0.3 is 5.97 Å². The molecule has 1 unspecified atom stereocenters. The second-order valence-corrected chi connectivity index (χ2v) is 3.77. The molecule has 1 atom stereocenters. The summed E-state index contributed by atoms with van der Waals surface area (Å²) in [5.41, 5.74) is 5.68. The van der Waals surface area contributed by atoms with Gasteiger partial charge in [-0.05, 0) is 13.3 Å². The van der Waals surface area contributed by atoms with Crippen LogP contribution in [0.2, 0.25) is 0 Å². The van der Waals surface area contributed by atoms with Gasteiger partial charge in [0, 0.05) is 19.1 Å². The van der Waals surface area contributed by atoms with E-state index in [1.807, 2.05) is 6.92 Å². The standard InChI is InChI=1S/C10H20N2O2/c1-3-5-9(10(13)14-4-2)12-6-8(11)7-12/h8-9H,3-7,11H2,1-2H3. The first kappa shape index (κ1) is 11.5. The monoisotopic (exact) mass is 200 g/mol. The first-order chi connectivity index (χ1) is 6.69. The molecule has 0 aromatic carbocycles. The van der Waals surface area contributed by atoms with Crippen molar-refractivity contribution in [2.45, 2.75) is 38.8 Å². The smallest absolute Gasteiger partial charge is 0.323 e. The van der Waals surface area contributed by atoms with Crippen molar-refractivity contribution in [3.05, 3.63) is 0 Å². The molecule has 0 spiro atoms. The van der Waals surface area contributed by atoms with Crippen molar-refractivity contribution in [2.75, 3.05) is 19.7 Å². The molecule has 1 heterocycles. The van der Waals surface area contributed by atoms with Crippen LogP contribution in [0.3, 0.4) is 0 Å². The molecule has 4 nitrogen and oxygen atoms in total. The van der Waals surface area contributed by atoms with Gasteiger partial charge in [-0.15, -0.1) is 0 Å². The van der Waals surface area contributed by atoms with Crippen molar-refractivity contribution in [3.63, 3.8) is 0 Å². The molecule has 0 radical (unpaired) electrons. The van der Waals surface area contributed by atoms with Gasteiger partial charge in [0.15, 0.2) is 0 Å². The van der Waals surface area contributed by atoms with Crippen molar-refractivity contribution in [1.82, 2.24) is 4.90 Å². The highest BCUT2D eigenvalue weighted by atomic mass is 16.5. The fourth-order valence-corrected chi connectivity index (χ4v) is 1.76.